The zero-order valence-electron chi connectivity index (χ0n) is 16.2. The van der Waals surface area contributed by atoms with Crippen molar-refractivity contribution in [3.05, 3.63) is 29.8 Å². The Morgan fingerprint density at radius 3 is 2.52 bits per heavy atom. The number of hydrogen-bond donors (Lipinski definition) is 2. The third kappa shape index (κ3) is 6.17. The highest BCUT2D eigenvalue weighted by molar-refractivity contribution is 7.89. The van der Waals surface area contributed by atoms with Crippen LogP contribution in [0.2, 0.25) is 0 Å². The van der Waals surface area contributed by atoms with Crippen molar-refractivity contribution in [1.82, 2.24) is 9.62 Å². The topological polar surface area (TPSA) is 92.5 Å². The number of nitrogens with two attached hydrogens (primary N) is 1. The van der Waals surface area contributed by atoms with Crippen LogP contribution in [0.5, 0.6) is 0 Å². The van der Waals surface area contributed by atoms with E-state index in [0.717, 1.165) is 38.5 Å². The highest BCUT2D eigenvalue weighted by atomic mass is 35.5. The second-order valence-electron chi connectivity index (χ2n) is 7.03. The summed E-state index contributed by atoms with van der Waals surface area (Å²) in [5, 5.41) is 2.92. The van der Waals surface area contributed by atoms with Crippen LogP contribution in [0.1, 0.15) is 62.7 Å². The smallest absolute Gasteiger partial charge is 0.251 e. The molecule has 2 unspecified atom stereocenters. The lowest BCUT2D eigenvalue weighted by atomic mass is 10.1. The van der Waals surface area contributed by atoms with E-state index in [-0.39, 0.29) is 35.3 Å². The van der Waals surface area contributed by atoms with Gasteiger partial charge in [0.1, 0.15) is 0 Å². The molecule has 1 aliphatic rings. The fourth-order valence-electron chi connectivity index (χ4n) is 3.31. The van der Waals surface area contributed by atoms with Gasteiger partial charge in [0.05, 0.1) is 4.90 Å². The molecule has 2 rings (SSSR count). The summed E-state index contributed by atoms with van der Waals surface area (Å²) in [6.07, 6.45) is 5.74. The van der Waals surface area contributed by atoms with Gasteiger partial charge in [0.25, 0.3) is 5.91 Å². The second kappa shape index (κ2) is 11.0. The van der Waals surface area contributed by atoms with E-state index in [9.17, 15) is 13.2 Å². The third-order valence-corrected chi connectivity index (χ3v) is 7.02. The molecule has 3 N–H and O–H groups in total. The number of nitrogens with one attached hydrogen (secondary N) is 1. The molecule has 6 nitrogen and oxygen atoms in total. The molecule has 0 bridgehead atoms. The van der Waals surface area contributed by atoms with E-state index in [1.165, 1.54) is 12.1 Å². The minimum atomic E-state index is -3.51. The molecule has 1 amide bonds. The monoisotopic (exact) mass is 417 g/mol. The number of carbonyl (C=O) groups is 1. The standard InChI is InChI=1S/C19H31N3O3S.ClH/c1-3-4-8-17(14-20)21-19(23)16-9-11-18(12-10-16)26(24,25)22-13-6-5-7-15(22)2;/h9-12,15,17H,3-8,13-14,20H2,1-2H3,(H,21,23);1H. The first-order valence-corrected chi connectivity index (χ1v) is 11.0. The summed E-state index contributed by atoms with van der Waals surface area (Å²) in [5.74, 6) is -0.216. The first kappa shape index (κ1) is 23.9. The van der Waals surface area contributed by atoms with Crippen molar-refractivity contribution < 1.29 is 13.2 Å². The van der Waals surface area contributed by atoms with Crippen LogP contribution in [0.3, 0.4) is 0 Å². The lowest BCUT2D eigenvalue weighted by Gasteiger charge is -2.32. The first-order valence-electron chi connectivity index (χ1n) is 9.53. The van der Waals surface area contributed by atoms with Crippen LogP contribution in [0.25, 0.3) is 0 Å². The van der Waals surface area contributed by atoms with Gasteiger partial charge >= 0.3 is 0 Å². The normalized spacial score (nSPS) is 19.1. The number of sulfonamides is 1. The van der Waals surface area contributed by atoms with Gasteiger partial charge in [-0.05, 0) is 50.5 Å². The highest BCUT2D eigenvalue weighted by Crippen LogP contribution is 2.25. The molecule has 0 aromatic heterocycles. The summed E-state index contributed by atoms with van der Waals surface area (Å²) in [7, 11) is -3.51. The van der Waals surface area contributed by atoms with Crippen LogP contribution < -0.4 is 11.1 Å². The van der Waals surface area contributed by atoms with Gasteiger partial charge in [0.15, 0.2) is 0 Å². The van der Waals surface area contributed by atoms with Crippen molar-refractivity contribution in [3.63, 3.8) is 0 Å². The van der Waals surface area contributed by atoms with Crippen molar-refractivity contribution in [2.75, 3.05) is 13.1 Å². The molecule has 8 heteroatoms. The van der Waals surface area contributed by atoms with Gasteiger partial charge in [-0.2, -0.15) is 4.31 Å². The number of halogens is 1. The van der Waals surface area contributed by atoms with E-state index >= 15 is 0 Å². The fourth-order valence-corrected chi connectivity index (χ4v) is 5.01. The molecule has 1 aromatic carbocycles. The number of unbranched alkanes of at least 4 members (excludes halogenated alkanes) is 1. The van der Waals surface area contributed by atoms with Gasteiger partial charge in [-0.3, -0.25) is 4.79 Å². The maximum absolute atomic E-state index is 12.8. The quantitative estimate of drug-likeness (QED) is 0.680. The lowest BCUT2D eigenvalue weighted by Crippen LogP contribution is -2.42. The first-order chi connectivity index (χ1) is 12.4. The van der Waals surface area contributed by atoms with Gasteiger partial charge in [-0.1, -0.05) is 26.2 Å². The maximum atomic E-state index is 12.8. The maximum Gasteiger partial charge on any atom is 0.251 e. The predicted octanol–water partition coefficient (Wildman–Crippen LogP) is 2.92. The molecule has 2 atom stereocenters. The Bertz CT molecular complexity index is 695. The SMILES string of the molecule is CCCCC(CN)NC(=O)c1ccc(S(=O)(=O)N2CCCCC2C)cc1.Cl. The minimum Gasteiger partial charge on any atom is -0.348 e. The number of rotatable bonds is 8. The van der Waals surface area contributed by atoms with Crippen molar-refractivity contribution in [2.45, 2.75) is 69.4 Å². The Balaban J connectivity index is 0.00000364. The Hall–Kier alpha value is -1.15. The minimum absolute atomic E-state index is 0. The Morgan fingerprint density at radius 1 is 1.30 bits per heavy atom. The van der Waals surface area contributed by atoms with Crippen molar-refractivity contribution >= 4 is 28.3 Å². The Labute approximate surface area is 169 Å². The Morgan fingerprint density at radius 2 is 1.96 bits per heavy atom. The van der Waals surface area contributed by atoms with E-state index < -0.39 is 10.0 Å². The van der Waals surface area contributed by atoms with Gasteiger partial charge in [0.2, 0.25) is 10.0 Å². The average molecular weight is 418 g/mol. The highest BCUT2D eigenvalue weighted by Gasteiger charge is 2.30. The van der Waals surface area contributed by atoms with Gasteiger partial charge in [-0.15, -0.1) is 12.4 Å². The van der Waals surface area contributed by atoms with Crippen LogP contribution in [-0.4, -0.2) is 43.8 Å². The molecule has 27 heavy (non-hydrogen) atoms. The number of benzene rings is 1. The van der Waals surface area contributed by atoms with E-state index in [4.69, 9.17) is 5.73 Å². The van der Waals surface area contributed by atoms with Crippen LogP contribution in [0.4, 0.5) is 0 Å². The third-order valence-electron chi connectivity index (χ3n) is 4.99. The van der Waals surface area contributed by atoms with Crippen LogP contribution >= 0.6 is 12.4 Å². The molecule has 0 saturated carbocycles. The van der Waals surface area contributed by atoms with Gasteiger partial charge in [-0.25, -0.2) is 8.42 Å². The summed E-state index contributed by atoms with van der Waals surface area (Å²) >= 11 is 0. The summed E-state index contributed by atoms with van der Waals surface area (Å²) < 4.78 is 27.2. The molecule has 1 aliphatic heterocycles. The molecule has 0 aliphatic carbocycles. The molecular weight excluding hydrogens is 386 g/mol. The van der Waals surface area contributed by atoms with Crippen LogP contribution in [0.15, 0.2) is 29.2 Å². The Kier molecular flexibility index (Phi) is 9.73. The van der Waals surface area contributed by atoms with E-state index in [1.807, 2.05) is 6.92 Å². The molecule has 1 aromatic rings. The molecule has 154 valence electrons. The molecular formula is C19H32ClN3O3S. The zero-order chi connectivity index (χ0) is 19.2. The van der Waals surface area contributed by atoms with E-state index in [0.29, 0.717) is 18.7 Å². The van der Waals surface area contributed by atoms with Crippen molar-refractivity contribution in [3.8, 4) is 0 Å². The van der Waals surface area contributed by atoms with E-state index in [1.54, 1.807) is 16.4 Å². The number of hydrogen-bond acceptors (Lipinski definition) is 4. The fraction of sp³-hybridized carbons (Fsp3) is 0.632. The molecule has 1 fully saturated rings. The van der Waals surface area contributed by atoms with Gasteiger partial charge in [0, 0.05) is 30.7 Å². The summed E-state index contributed by atoms with van der Waals surface area (Å²) in [6.45, 7) is 4.99. The van der Waals surface area contributed by atoms with Crippen molar-refractivity contribution in [2.24, 2.45) is 5.73 Å². The number of nitrogens with zero attached hydrogens (tertiary/aromatic N) is 1. The summed E-state index contributed by atoms with van der Waals surface area (Å²) in [6, 6.07) is 6.15. The van der Waals surface area contributed by atoms with Crippen LogP contribution in [-0.2, 0) is 10.0 Å². The molecule has 0 spiro atoms. The number of amides is 1. The van der Waals surface area contributed by atoms with E-state index in [2.05, 4.69) is 12.2 Å². The predicted molar refractivity (Wildman–Crippen MR) is 111 cm³/mol. The average Bonchev–Trinajstić information content (AvgIpc) is 2.65. The molecule has 0 radical (unpaired) electrons. The summed E-state index contributed by atoms with van der Waals surface area (Å²) in [5.41, 5.74) is 6.17. The van der Waals surface area contributed by atoms with Crippen molar-refractivity contribution in [1.29, 1.82) is 0 Å². The molecule has 1 heterocycles. The molecule has 1 saturated heterocycles. The zero-order valence-corrected chi connectivity index (χ0v) is 17.8. The van der Waals surface area contributed by atoms with Crippen LogP contribution in [0, 0.1) is 0 Å². The number of carbonyl (C=O) groups excluding carboxylic acids is 1. The van der Waals surface area contributed by atoms with Gasteiger partial charge < -0.3 is 11.1 Å². The largest absolute Gasteiger partial charge is 0.348 e. The lowest BCUT2D eigenvalue weighted by molar-refractivity contribution is 0.0935. The summed E-state index contributed by atoms with van der Waals surface area (Å²) in [4.78, 5) is 12.6. The number of piperidine rings is 1. The second-order valence-corrected chi connectivity index (χ2v) is 8.92.